The molecule has 0 saturated carbocycles. The van der Waals surface area contributed by atoms with Crippen molar-refractivity contribution in [2.45, 2.75) is 26.4 Å². The van der Waals surface area contributed by atoms with Gasteiger partial charge in [-0.05, 0) is 54.0 Å². The summed E-state index contributed by atoms with van der Waals surface area (Å²) in [6.45, 7) is 4.28. The third-order valence-corrected chi connectivity index (χ3v) is 4.68. The Morgan fingerprint density at radius 3 is 2.85 bits per heavy atom. The topological polar surface area (TPSA) is 56.8 Å². The second-order valence-electron chi connectivity index (χ2n) is 5.93. The van der Waals surface area contributed by atoms with Gasteiger partial charge in [0.15, 0.2) is 6.61 Å². The molecule has 0 unspecified atom stereocenters. The van der Waals surface area contributed by atoms with Crippen LogP contribution in [0.25, 0.3) is 0 Å². The number of carbonyl (C=O) groups excluding carboxylic acids is 1. The number of halogens is 2. The van der Waals surface area contributed by atoms with Crippen LogP contribution in [-0.2, 0) is 11.2 Å². The van der Waals surface area contributed by atoms with Gasteiger partial charge in [0.25, 0.3) is 5.91 Å². The number of hydrogen-bond donors (Lipinski definition) is 1. The van der Waals surface area contributed by atoms with Crippen molar-refractivity contribution in [1.29, 1.82) is 0 Å². The Balaban J connectivity index is 1.69. The van der Waals surface area contributed by atoms with Gasteiger partial charge < -0.3 is 19.5 Å². The van der Waals surface area contributed by atoms with Crippen molar-refractivity contribution < 1.29 is 19.0 Å². The van der Waals surface area contributed by atoms with E-state index in [9.17, 15) is 4.79 Å². The SMILES string of the molecule is CCOc1cc2c(cc1NC(=O)COc1ccc(Cl)cc1Br)O[C@H](C)C2. The van der Waals surface area contributed by atoms with Gasteiger partial charge in [0.2, 0.25) is 0 Å². The van der Waals surface area contributed by atoms with Crippen LogP contribution in [0.2, 0.25) is 5.02 Å². The highest BCUT2D eigenvalue weighted by Crippen LogP contribution is 2.38. The van der Waals surface area contributed by atoms with E-state index in [1.165, 1.54) is 0 Å². The Hall–Kier alpha value is -1.92. The lowest BCUT2D eigenvalue weighted by atomic mass is 10.1. The normalized spacial score (nSPS) is 15.2. The fourth-order valence-corrected chi connectivity index (χ4v) is 3.53. The first-order chi connectivity index (χ1) is 12.5. The molecule has 1 atom stereocenters. The molecule has 3 rings (SSSR count). The maximum Gasteiger partial charge on any atom is 0.262 e. The van der Waals surface area contributed by atoms with Gasteiger partial charge in [0.05, 0.1) is 16.8 Å². The molecular formula is C19H19BrClNO4. The number of benzene rings is 2. The van der Waals surface area contributed by atoms with E-state index >= 15 is 0 Å². The Morgan fingerprint density at radius 1 is 1.31 bits per heavy atom. The summed E-state index contributed by atoms with van der Waals surface area (Å²) >= 11 is 9.26. The second-order valence-corrected chi connectivity index (χ2v) is 7.22. The van der Waals surface area contributed by atoms with E-state index in [0.29, 0.717) is 33.3 Å². The molecule has 0 aromatic heterocycles. The van der Waals surface area contributed by atoms with Crippen LogP contribution in [0.1, 0.15) is 19.4 Å². The largest absolute Gasteiger partial charge is 0.492 e. The molecule has 26 heavy (non-hydrogen) atoms. The van der Waals surface area contributed by atoms with Crippen molar-refractivity contribution >= 4 is 39.1 Å². The molecule has 1 heterocycles. The minimum absolute atomic E-state index is 0.121. The summed E-state index contributed by atoms with van der Waals surface area (Å²) in [5.41, 5.74) is 1.66. The van der Waals surface area contributed by atoms with Gasteiger partial charge in [0.1, 0.15) is 23.4 Å². The highest BCUT2D eigenvalue weighted by molar-refractivity contribution is 9.10. The number of anilines is 1. The third-order valence-electron chi connectivity index (χ3n) is 3.82. The monoisotopic (exact) mass is 439 g/mol. The number of fused-ring (bicyclic) bond motifs is 1. The minimum Gasteiger partial charge on any atom is -0.492 e. The van der Waals surface area contributed by atoms with E-state index in [1.54, 1.807) is 24.3 Å². The van der Waals surface area contributed by atoms with E-state index in [-0.39, 0.29) is 18.6 Å². The molecule has 0 aliphatic carbocycles. The van der Waals surface area contributed by atoms with Crippen LogP contribution in [-0.4, -0.2) is 25.2 Å². The first-order valence-electron chi connectivity index (χ1n) is 8.30. The van der Waals surface area contributed by atoms with Gasteiger partial charge in [0, 0.05) is 23.1 Å². The molecule has 5 nitrogen and oxygen atoms in total. The molecule has 1 N–H and O–H groups in total. The molecular weight excluding hydrogens is 422 g/mol. The van der Waals surface area contributed by atoms with Crippen molar-refractivity contribution in [1.82, 2.24) is 0 Å². The zero-order valence-electron chi connectivity index (χ0n) is 14.5. The number of ether oxygens (including phenoxy) is 3. The summed E-state index contributed by atoms with van der Waals surface area (Å²) < 4.78 is 17.7. The van der Waals surface area contributed by atoms with Crippen LogP contribution in [0.15, 0.2) is 34.8 Å². The standard InChI is InChI=1S/C19H19BrClNO4/c1-3-24-18-7-12-6-11(2)26-17(12)9-15(18)22-19(23)10-25-16-5-4-13(21)8-14(16)20/h4-5,7-9,11H,3,6,10H2,1-2H3,(H,22,23)/t11-/m1/s1. The molecule has 2 aromatic carbocycles. The molecule has 138 valence electrons. The Kier molecular flexibility index (Phi) is 5.94. The van der Waals surface area contributed by atoms with Crippen molar-refractivity contribution in [3.05, 3.63) is 45.4 Å². The molecule has 0 radical (unpaired) electrons. The lowest BCUT2D eigenvalue weighted by molar-refractivity contribution is -0.118. The molecule has 1 amide bonds. The van der Waals surface area contributed by atoms with E-state index in [1.807, 2.05) is 19.9 Å². The van der Waals surface area contributed by atoms with Gasteiger partial charge in [-0.25, -0.2) is 0 Å². The summed E-state index contributed by atoms with van der Waals surface area (Å²) in [5.74, 6) is 1.65. The summed E-state index contributed by atoms with van der Waals surface area (Å²) in [6.07, 6.45) is 0.952. The van der Waals surface area contributed by atoms with E-state index in [2.05, 4.69) is 21.2 Å². The predicted octanol–water partition coefficient (Wildman–Crippen LogP) is 4.84. The Labute approximate surface area is 165 Å². The quantitative estimate of drug-likeness (QED) is 0.698. The smallest absolute Gasteiger partial charge is 0.262 e. The van der Waals surface area contributed by atoms with Crippen LogP contribution < -0.4 is 19.5 Å². The summed E-state index contributed by atoms with van der Waals surface area (Å²) in [4.78, 5) is 12.3. The van der Waals surface area contributed by atoms with Crippen LogP contribution in [0.3, 0.4) is 0 Å². The number of nitrogens with one attached hydrogen (secondary N) is 1. The van der Waals surface area contributed by atoms with Gasteiger partial charge in [-0.3, -0.25) is 4.79 Å². The molecule has 2 aromatic rings. The highest BCUT2D eigenvalue weighted by atomic mass is 79.9. The fourth-order valence-electron chi connectivity index (χ4n) is 2.73. The van der Waals surface area contributed by atoms with Gasteiger partial charge in [-0.2, -0.15) is 0 Å². The second kappa shape index (κ2) is 8.18. The van der Waals surface area contributed by atoms with Crippen molar-refractivity contribution in [3.8, 4) is 17.2 Å². The van der Waals surface area contributed by atoms with Crippen molar-refractivity contribution in [2.75, 3.05) is 18.5 Å². The zero-order chi connectivity index (χ0) is 18.7. The van der Waals surface area contributed by atoms with E-state index in [0.717, 1.165) is 17.7 Å². The summed E-state index contributed by atoms with van der Waals surface area (Å²) in [7, 11) is 0. The average molecular weight is 441 g/mol. The Bertz CT molecular complexity index is 827. The zero-order valence-corrected chi connectivity index (χ0v) is 16.8. The lowest BCUT2D eigenvalue weighted by Crippen LogP contribution is -2.20. The highest BCUT2D eigenvalue weighted by Gasteiger charge is 2.22. The van der Waals surface area contributed by atoms with Crippen LogP contribution >= 0.6 is 27.5 Å². The van der Waals surface area contributed by atoms with E-state index in [4.69, 9.17) is 25.8 Å². The van der Waals surface area contributed by atoms with E-state index < -0.39 is 0 Å². The Morgan fingerprint density at radius 2 is 2.12 bits per heavy atom. The third kappa shape index (κ3) is 4.43. The summed E-state index contributed by atoms with van der Waals surface area (Å²) in [6, 6.07) is 8.84. The van der Waals surface area contributed by atoms with Crippen LogP contribution in [0.5, 0.6) is 17.2 Å². The summed E-state index contributed by atoms with van der Waals surface area (Å²) in [5, 5.41) is 3.42. The maximum atomic E-state index is 12.3. The van der Waals surface area contributed by atoms with Gasteiger partial charge in [-0.15, -0.1) is 0 Å². The first-order valence-corrected chi connectivity index (χ1v) is 9.47. The van der Waals surface area contributed by atoms with Crippen LogP contribution in [0, 0.1) is 0 Å². The molecule has 1 aliphatic rings. The number of carbonyl (C=O) groups is 1. The fraction of sp³-hybridized carbons (Fsp3) is 0.316. The number of amides is 1. The first kappa shape index (κ1) is 18.9. The molecule has 7 heteroatoms. The molecule has 0 saturated heterocycles. The minimum atomic E-state index is -0.293. The average Bonchev–Trinajstić information content (AvgIpc) is 2.93. The number of rotatable bonds is 6. The van der Waals surface area contributed by atoms with Crippen molar-refractivity contribution in [3.63, 3.8) is 0 Å². The molecule has 0 fully saturated rings. The molecule has 0 bridgehead atoms. The molecule has 1 aliphatic heterocycles. The van der Waals surface area contributed by atoms with Gasteiger partial charge in [-0.1, -0.05) is 11.6 Å². The number of hydrogen-bond acceptors (Lipinski definition) is 4. The van der Waals surface area contributed by atoms with Crippen molar-refractivity contribution in [2.24, 2.45) is 0 Å². The molecule has 0 spiro atoms. The lowest BCUT2D eigenvalue weighted by Gasteiger charge is -2.14. The maximum absolute atomic E-state index is 12.3. The van der Waals surface area contributed by atoms with Crippen LogP contribution in [0.4, 0.5) is 5.69 Å². The predicted molar refractivity (Wildman–Crippen MR) is 105 cm³/mol. The van der Waals surface area contributed by atoms with Gasteiger partial charge >= 0.3 is 0 Å².